The summed E-state index contributed by atoms with van der Waals surface area (Å²) in [5, 5.41) is 10.7. The van der Waals surface area contributed by atoms with Crippen molar-refractivity contribution in [3.63, 3.8) is 0 Å². The van der Waals surface area contributed by atoms with Gasteiger partial charge in [0.1, 0.15) is 11.4 Å². The standard InChI is InChI=1S/C11H12F2N4O/c1-17-7-9(15-16-17)6-14-8-3-2-4-10(5-8)18-11(12)13/h2-5,7,11,14H,6H2,1H3. The Bertz CT molecular complexity index is 515. The van der Waals surface area contributed by atoms with Crippen LogP contribution in [-0.2, 0) is 13.6 Å². The van der Waals surface area contributed by atoms with Crippen LogP contribution in [0.15, 0.2) is 30.5 Å². The van der Waals surface area contributed by atoms with Crippen molar-refractivity contribution in [3.8, 4) is 5.75 Å². The monoisotopic (exact) mass is 254 g/mol. The fourth-order valence-corrected chi connectivity index (χ4v) is 1.45. The molecule has 0 fully saturated rings. The van der Waals surface area contributed by atoms with Gasteiger partial charge in [0.15, 0.2) is 0 Å². The third-order valence-corrected chi connectivity index (χ3v) is 2.18. The predicted molar refractivity (Wildman–Crippen MR) is 61.4 cm³/mol. The van der Waals surface area contributed by atoms with Gasteiger partial charge >= 0.3 is 6.61 Å². The number of halogens is 2. The van der Waals surface area contributed by atoms with Gasteiger partial charge in [0, 0.05) is 25.0 Å². The van der Waals surface area contributed by atoms with Gasteiger partial charge in [0.05, 0.1) is 6.54 Å². The lowest BCUT2D eigenvalue weighted by Gasteiger charge is -2.07. The van der Waals surface area contributed by atoms with E-state index in [1.807, 2.05) is 0 Å². The van der Waals surface area contributed by atoms with E-state index in [2.05, 4.69) is 20.4 Å². The molecular formula is C11H12F2N4O. The van der Waals surface area contributed by atoms with Crippen molar-refractivity contribution in [2.45, 2.75) is 13.2 Å². The molecule has 0 spiro atoms. The number of benzene rings is 1. The highest BCUT2D eigenvalue weighted by molar-refractivity contribution is 5.48. The summed E-state index contributed by atoms with van der Waals surface area (Å²) in [6.45, 7) is -2.35. The summed E-state index contributed by atoms with van der Waals surface area (Å²) in [7, 11) is 1.77. The van der Waals surface area contributed by atoms with E-state index in [0.717, 1.165) is 5.69 Å². The van der Waals surface area contributed by atoms with Crippen molar-refractivity contribution < 1.29 is 13.5 Å². The van der Waals surface area contributed by atoms with Crippen LogP contribution in [0.25, 0.3) is 0 Å². The van der Waals surface area contributed by atoms with Crippen molar-refractivity contribution in [1.29, 1.82) is 0 Å². The van der Waals surface area contributed by atoms with E-state index in [1.165, 1.54) is 12.1 Å². The van der Waals surface area contributed by atoms with Gasteiger partial charge in [-0.15, -0.1) is 5.10 Å². The molecule has 0 bridgehead atoms. The maximum absolute atomic E-state index is 12.0. The highest BCUT2D eigenvalue weighted by Crippen LogP contribution is 2.19. The van der Waals surface area contributed by atoms with Crippen molar-refractivity contribution in [2.24, 2.45) is 7.05 Å². The van der Waals surface area contributed by atoms with Crippen LogP contribution in [0, 0.1) is 0 Å². The highest BCUT2D eigenvalue weighted by atomic mass is 19.3. The summed E-state index contributed by atoms with van der Waals surface area (Å²) >= 11 is 0. The molecule has 96 valence electrons. The Balaban J connectivity index is 1.96. The molecule has 0 unspecified atom stereocenters. The number of anilines is 1. The molecular weight excluding hydrogens is 242 g/mol. The van der Waals surface area contributed by atoms with Crippen LogP contribution in [0.5, 0.6) is 5.75 Å². The number of nitrogens with one attached hydrogen (secondary N) is 1. The van der Waals surface area contributed by atoms with E-state index in [9.17, 15) is 8.78 Å². The predicted octanol–water partition coefficient (Wildman–Crippen LogP) is 2.03. The second-order valence-electron chi connectivity index (χ2n) is 3.64. The number of hydrogen-bond acceptors (Lipinski definition) is 4. The molecule has 1 heterocycles. The number of aryl methyl sites for hydroxylation is 1. The SMILES string of the molecule is Cn1cc(CNc2cccc(OC(F)F)c2)nn1. The van der Waals surface area contributed by atoms with Crippen LogP contribution in [-0.4, -0.2) is 21.6 Å². The fourth-order valence-electron chi connectivity index (χ4n) is 1.45. The van der Waals surface area contributed by atoms with Crippen LogP contribution in [0.3, 0.4) is 0 Å². The fraction of sp³-hybridized carbons (Fsp3) is 0.273. The number of alkyl halides is 2. The largest absolute Gasteiger partial charge is 0.435 e. The molecule has 7 heteroatoms. The summed E-state index contributed by atoms with van der Waals surface area (Å²) in [5.74, 6) is 0.120. The molecule has 0 atom stereocenters. The molecule has 0 saturated heterocycles. The molecule has 2 rings (SSSR count). The van der Waals surface area contributed by atoms with Gasteiger partial charge in [0.25, 0.3) is 0 Å². The van der Waals surface area contributed by atoms with E-state index in [4.69, 9.17) is 0 Å². The second-order valence-corrected chi connectivity index (χ2v) is 3.64. The molecule has 1 aromatic heterocycles. The van der Waals surface area contributed by atoms with Crippen molar-refractivity contribution in [2.75, 3.05) is 5.32 Å². The smallest absolute Gasteiger partial charge is 0.387 e. The zero-order valence-electron chi connectivity index (χ0n) is 9.68. The maximum Gasteiger partial charge on any atom is 0.387 e. The van der Waals surface area contributed by atoms with Crippen LogP contribution >= 0.6 is 0 Å². The molecule has 2 aromatic rings. The van der Waals surface area contributed by atoms with Crippen LogP contribution < -0.4 is 10.1 Å². The zero-order valence-corrected chi connectivity index (χ0v) is 9.68. The van der Waals surface area contributed by atoms with Crippen LogP contribution in [0.2, 0.25) is 0 Å². The van der Waals surface area contributed by atoms with Crippen molar-refractivity contribution in [3.05, 3.63) is 36.2 Å². The minimum absolute atomic E-state index is 0.120. The Hall–Kier alpha value is -2.18. The maximum atomic E-state index is 12.0. The number of aromatic nitrogens is 3. The molecule has 5 nitrogen and oxygen atoms in total. The Morgan fingerprint density at radius 2 is 2.28 bits per heavy atom. The molecule has 0 saturated carbocycles. The summed E-state index contributed by atoms with van der Waals surface area (Å²) in [6.07, 6.45) is 1.77. The molecule has 0 aliphatic heterocycles. The van der Waals surface area contributed by atoms with Crippen molar-refractivity contribution in [1.82, 2.24) is 15.0 Å². The molecule has 1 aromatic carbocycles. The Kier molecular flexibility index (Phi) is 3.71. The number of rotatable bonds is 5. The van der Waals surface area contributed by atoms with Crippen molar-refractivity contribution >= 4 is 5.69 Å². The molecule has 1 N–H and O–H groups in total. The summed E-state index contributed by atoms with van der Waals surface area (Å²) < 4.78 is 30.0. The van der Waals surface area contributed by atoms with Crippen LogP contribution in [0.4, 0.5) is 14.5 Å². The van der Waals surface area contributed by atoms with E-state index < -0.39 is 6.61 Å². The zero-order chi connectivity index (χ0) is 13.0. The van der Waals surface area contributed by atoms with Gasteiger partial charge in [-0.25, -0.2) is 0 Å². The summed E-state index contributed by atoms with van der Waals surface area (Å²) in [4.78, 5) is 0. The second kappa shape index (κ2) is 5.44. The average molecular weight is 254 g/mol. The van der Waals surface area contributed by atoms with Gasteiger partial charge in [-0.05, 0) is 12.1 Å². The van der Waals surface area contributed by atoms with Crippen LogP contribution in [0.1, 0.15) is 5.69 Å². The lowest BCUT2D eigenvalue weighted by molar-refractivity contribution is -0.0498. The quantitative estimate of drug-likeness (QED) is 0.887. The highest BCUT2D eigenvalue weighted by Gasteiger charge is 2.05. The van der Waals surface area contributed by atoms with Gasteiger partial charge in [-0.3, -0.25) is 4.68 Å². The Morgan fingerprint density at radius 1 is 1.44 bits per heavy atom. The minimum Gasteiger partial charge on any atom is -0.435 e. The molecule has 0 aliphatic rings. The van der Waals surface area contributed by atoms with Gasteiger partial charge in [-0.1, -0.05) is 11.3 Å². The summed E-state index contributed by atoms with van der Waals surface area (Å²) in [6, 6.07) is 6.37. The molecule has 0 radical (unpaired) electrons. The van der Waals surface area contributed by atoms with E-state index in [-0.39, 0.29) is 5.75 Å². The first-order valence-corrected chi connectivity index (χ1v) is 5.27. The first kappa shape index (κ1) is 12.3. The lowest BCUT2D eigenvalue weighted by atomic mass is 10.3. The summed E-state index contributed by atoms with van der Waals surface area (Å²) in [5.41, 5.74) is 1.44. The Morgan fingerprint density at radius 3 is 2.94 bits per heavy atom. The number of hydrogen-bond donors (Lipinski definition) is 1. The lowest BCUT2D eigenvalue weighted by Crippen LogP contribution is -2.03. The third-order valence-electron chi connectivity index (χ3n) is 2.18. The normalized spacial score (nSPS) is 10.7. The van der Waals surface area contributed by atoms with E-state index >= 15 is 0 Å². The Labute approximate surface area is 102 Å². The minimum atomic E-state index is -2.82. The van der Waals surface area contributed by atoms with Gasteiger partial charge in [0.2, 0.25) is 0 Å². The third kappa shape index (κ3) is 3.41. The number of ether oxygens (including phenoxy) is 1. The molecule has 0 amide bonds. The number of nitrogens with zero attached hydrogens (tertiary/aromatic N) is 3. The first-order chi connectivity index (χ1) is 8.63. The molecule has 18 heavy (non-hydrogen) atoms. The van der Waals surface area contributed by atoms with E-state index in [0.29, 0.717) is 12.2 Å². The van der Waals surface area contributed by atoms with Gasteiger partial charge in [-0.2, -0.15) is 8.78 Å². The van der Waals surface area contributed by atoms with Gasteiger partial charge < -0.3 is 10.1 Å². The first-order valence-electron chi connectivity index (χ1n) is 5.27. The molecule has 0 aliphatic carbocycles. The van der Waals surface area contributed by atoms with E-state index in [1.54, 1.807) is 30.1 Å². The topological polar surface area (TPSA) is 52.0 Å². The average Bonchev–Trinajstić information content (AvgIpc) is 2.72.